The minimum Gasteiger partial charge on any atom is -0.458 e. The van der Waals surface area contributed by atoms with Crippen molar-refractivity contribution < 1.29 is 14.3 Å². The first-order valence-corrected chi connectivity index (χ1v) is 12.7. The molecule has 1 aliphatic heterocycles. The Balaban J connectivity index is 1.51. The van der Waals surface area contributed by atoms with Gasteiger partial charge >= 0.3 is 5.97 Å². The molecule has 5 rings (SSSR count). The van der Waals surface area contributed by atoms with Gasteiger partial charge in [-0.2, -0.15) is 0 Å². The third kappa shape index (κ3) is 3.04. The molecule has 1 saturated heterocycles. The van der Waals surface area contributed by atoms with E-state index in [1.165, 1.54) is 5.56 Å². The van der Waals surface area contributed by atoms with Crippen LogP contribution in [0.1, 0.15) is 71.3 Å². The maximum absolute atomic E-state index is 13.2. The van der Waals surface area contributed by atoms with Crippen LogP contribution in [-0.2, 0) is 20.9 Å². The van der Waals surface area contributed by atoms with Gasteiger partial charge in [0.2, 0.25) is 0 Å². The molecular weight excluding hydrogens is 452 g/mol. The van der Waals surface area contributed by atoms with Crippen LogP contribution in [0.3, 0.4) is 0 Å². The molecule has 4 fully saturated rings. The predicted octanol–water partition coefficient (Wildman–Crippen LogP) is 6.84. The summed E-state index contributed by atoms with van der Waals surface area (Å²) in [5, 5.41) is 0. The lowest BCUT2D eigenvalue weighted by Gasteiger charge is -2.64. The molecule has 0 spiro atoms. The number of carbonyl (C=O) groups is 1. The monoisotopic (exact) mass is 486 g/mol. The normalized spacial score (nSPS) is 46.1. The molecule has 1 aromatic carbocycles. The molecule has 1 aromatic rings. The van der Waals surface area contributed by atoms with E-state index in [1.807, 2.05) is 0 Å². The molecule has 4 aliphatic rings. The van der Waals surface area contributed by atoms with Crippen molar-refractivity contribution in [3.8, 4) is 0 Å². The summed E-state index contributed by atoms with van der Waals surface area (Å²) in [7, 11) is 0. The van der Waals surface area contributed by atoms with Crippen molar-refractivity contribution in [1.82, 2.24) is 0 Å². The standard InChI is InChI=1S/C27H35BrO3/c1-5-24(2)13-14-26(4)20(16-24)21(30-17-18-7-9-19(28)10-8-18)15-22-25(3)11-6-12-27(22,26)31-23(25)29/h5,7-10,20-22H,1,6,11-17H2,2-4H3/t20-,21-,22-,24+,25-,26+,27+/m0/s1. The Morgan fingerprint density at radius 2 is 1.90 bits per heavy atom. The van der Waals surface area contributed by atoms with E-state index in [-0.39, 0.29) is 39.8 Å². The molecule has 1 heterocycles. The van der Waals surface area contributed by atoms with E-state index in [1.54, 1.807) is 0 Å². The zero-order valence-electron chi connectivity index (χ0n) is 19.1. The van der Waals surface area contributed by atoms with E-state index >= 15 is 0 Å². The van der Waals surface area contributed by atoms with Crippen LogP contribution < -0.4 is 0 Å². The van der Waals surface area contributed by atoms with Crippen LogP contribution in [0.15, 0.2) is 41.4 Å². The molecule has 4 heteroatoms. The largest absolute Gasteiger partial charge is 0.458 e. The van der Waals surface area contributed by atoms with Crippen LogP contribution in [0.25, 0.3) is 0 Å². The number of hydrogen-bond acceptors (Lipinski definition) is 3. The van der Waals surface area contributed by atoms with Crippen molar-refractivity contribution in [3.05, 3.63) is 47.0 Å². The third-order valence-corrected chi connectivity index (χ3v) is 10.3. The van der Waals surface area contributed by atoms with Gasteiger partial charge in [0.15, 0.2) is 0 Å². The molecule has 0 radical (unpaired) electrons. The fourth-order valence-corrected chi connectivity index (χ4v) is 7.92. The van der Waals surface area contributed by atoms with E-state index in [0.29, 0.717) is 12.5 Å². The lowest BCUT2D eigenvalue weighted by atomic mass is 9.42. The van der Waals surface area contributed by atoms with Gasteiger partial charge in [-0.1, -0.05) is 48.0 Å². The maximum atomic E-state index is 13.2. The zero-order valence-corrected chi connectivity index (χ0v) is 20.7. The van der Waals surface area contributed by atoms with E-state index in [0.717, 1.165) is 49.4 Å². The topological polar surface area (TPSA) is 35.5 Å². The number of hydrogen-bond donors (Lipinski definition) is 0. The summed E-state index contributed by atoms with van der Waals surface area (Å²) in [6.45, 7) is 11.7. The zero-order chi connectivity index (χ0) is 22.1. The Kier molecular flexibility index (Phi) is 5.03. The lowest BCUT2D eigenvalue weighted by molar-refractivity contribution is -0.238. The smallest absolute Gasteiger partial charge is 0.312 e. The molecule has 3 aliphatic carbocycles. The molecule has 0 N–H and O–H groups in total. The van der Waals surface area contributed by atoms with Crippen LogP contribution in [0.2, 0.25) is 0 Å². The number of carbonyl (C=O) groups excluding carboxylic acids is 1. The Morgan fingerprint density at radius 3 is 2.61 bits per heavy atom. The highest BCUT2D eigenvalue weighted by atomic mass is 79.9. The van der Waals surface area contributed by atoms with Crippen molar-refractivity contribution in [2.24, 2.45) is 28.1 Å². The second kappa shape index (κ2) is 7.18. The average molecular weight is 487 g/mol. The quantitative estimate of drug-likeness (QED) is 0.345. The van der Waals surface area contributed by atoms with Crippen molar-refractivity contribution in [3.63, 3.8) is 0 Å². The van der Waals surface area contributed by atoms with Crippen molar-refractivity contribution in [2.45, 2.75) is 84.0 Å². The molecule has 2 bridgehead atoms. The molecule has 3 saturated carbocycles. The summed E-state index contributed by atoms with van der Waals surface area (Å²) in [6.07, 6.45) is 9.48. The van der Waals surface area contributed by atoms with Gasteiger partial charge < -0.3 is 9.47 Å². The fraction of sp³-hybridized carbons (Fsp3) is 0.667. The maximum Gasteiger partial charge on any atom is 0.312 e. The van der Waals surface area contributed by atoms with Crippen LogP contribution >= 0.6 is 15.9 Å². The Labute approximate surface area is 195 Å². The Hall–Kier alpha value is -1.13. The molecule has 0 aromatic heterocycles. The summed E-state index contributed by atoms with van der Waals surface area (Å²) < 4.78 is 14.3. The number of rotatable bonds is 4. The van der Waals surface area contributed by atoms with Gasteiger partial charge in [0.05, 0.1) is 18.1 Å². The lowest BCUT2D eigenvalue weighted by Crippen LogP contribution is -2.66. The SMILES string of the molecule is C=C[C@]1(C)CC[C@]2(C)[C@@H](C1)[C@@H](OCc1ccc(Br)cc1)C[C@H]1[C@]3(C)CCC[C@@]12OC3=O. The molecule has 31 heavy (non-hydrogen) atoms. The second-order valence-corrected chi connectivity index (χ2v) is 12.3. The van der Waals surface area contributed by atoms with Gasteiger partial charge in [0.25, 0.3) is 0 Å². The highest BCUT2D eigenvalue weighted by molar-refractivity contribution is 9.10. The van der Waals surface area contributed by atoms with Gasteiger partial charge in [-0.3, -0.25) is 4.79 Å². The van der Waals surface area contributed by atoms with Gasteiger partial charge in [-0.15, -0.1) is 6.58 Å². The molecule has 168 valence electrons. The molecular formula is C27H35BrO3. The Bertz CT molecular complexity index is 896. The molecule has 7 atom stereocenters. The number of allylic oxidation sites excluding steroid dienone is 1. The third-order valence-electron chi connectivity index (χ3n) is 9.79. The average Bonchev–Trinajstić information content (AvgIpc) is 2.87. The van der Waals surface area contributed by atoms with E-state index in [2.05, 4.69) is 73.6 Å². The summed E-state index contributed by atoms with van der Waals surface area (Å²) in [5.41, 5.74) is 0.592. The minimum atomic E-state index is -0.357. The number of benzene rings is 1. The Morgan fingerprint density at radius 1 is 1.16 bits per heavy atom. The summed E-state index contributed by atoms with van der Waals surface area (Å²) in [4.78, 5) is 13.2. The highest BCUT2D eigenvalue weighted by Crippen LogP contribution is 2.71. The van der Waals surface area contributed by atoms with Crippen molar-refractivity contribution in [1.29, 1.82) is 0 Å². The van der Waals surface area contributed by atoms with Crippen molar-refractivity contribution in [2.75, 3.05) is 0 Å². The summed E-state index contributed by atoms with van der Waals surface area (Å²) >= 11 is 3.52. The van der Waals surface area contributed by atoms with Gasteiger partial charge in [0, 0.05) is 15.8 Å². The second-order valence-electron chi connectivity index (χ2n) is 11.4. The van der Waals surface area contributed by atoms with Crippen LogP contribution in [-0.4, -0.2) is 17.7 Å². The number of ether oxygens (including phenoxy) is 2. The van der Waals surface area contributed by atoms with Crippen LogP contribution in [0, 0.1) is 28.1 Å². The highest BCUT2D eigenvalue weighted by Gasteiger charge is 2.75. The first-order chi connectivity index (χ1) is 14.7. The van der Waals surface area contributed by atoms with E-state index in [9.17, 15) is 4.79 Å². The fourth-order valence-electron chi connectivity index (χ4n) is 7.66. The van der Waals surface area contributed by atoms with Crippen molar-refractivity contribution >= 4 is 21.9 Å². The first-order valence-electron chi connectivity index (χ1n) is 11.9. The molecule has 3 nitrogen and oxygen atoms in total. The first kappa shape index (κ1) is 21.7. The number of esters is 1. The van der Waals surface area contributed by atoms with E-state index < -0.39 is 0 Å². The molecule has 0 unspecified atom stereocenters. The number of halogens is 1. The summed E-state index contributed by atoms with van der Waals surface area (Å²) in [6, 6.07) is 8.40. The predicted molar refractivity (Wildman–Crippen MR) is 125 cm³/mol. The number of fused-ring (bicyclic) bond motifs is 1. The van der Waals surface area contributed by atoms with E-state index in [4.69, 9.17) is 9.47 Å². The minimum absolute atomic E-state index is 0.0422. The summed E-state index contributed by atoms with van der Waals surface area (Å²) in [5.74, 6) is 0.662. The van der Waals surface area contributed by atoms with Crippen LogP contribution in [0.4, 0.5) is 0 Å². The molecule has 0 amide bonds. The van der Waals surface area contributed by atoms with Gasteiger partial charge in [-0.05, 0) is 80.9 Å². The van der Waals surface area contributed by atoms with Gasteiger partial charge in [-0.25, -0.2) is 0 Å². The van der Waals surface area contributed by atoms with Gasteiger partial charge in [0.1, 0.15) is 5.60 Å². The van der Waals surface area contributed by atoms with Crippen LogP contribution in [0.5, 0.6) is 0 Å².